The van der Waals surface area contributed by atoms with Crippen LogP contribution >= 0.6 is 0 Å². The number of anilines is 1. The molecule has 1 atom stereocenters. The standard InChI is InChI=1S/C14H16N3/c1-14(2)10-12(11-6-4-3-5-7-11)16-13-8-9-15-17(13)14/h3-7,9,12,16H,10H2,1-2H3/t12-/m1/s1. The van der Waals surface area contributed by atoms with Crippen LogP contribution in [0.4, 0.5) is 5.82 Å². The highest BCUT2D eigenvalue weighted by atomic mass is 15.4. The van der Waals surface area contributed by atoms with Crippen LogP contribution in [0, 0.1) is 6.07 Å². The smallest absolute Gasteiger partial charge is 0.133 e. The fourth-order valence-corrected chi connectivity index (χ4v) is 2.52. The quantitative estimate of drug-likeness (QED) is 0.810. The Balaban J connectivity index is 1.98. The van der Waals surface area contributed by atoms with E-state index in [1.807, 2.05) is 10.7 Å². The van der Waals surface area contributed by atoms with Gasteiger partial charge in [-0.3, -0.25) is 0 Å². The summed E-state index contributed by atoms with van der Waals surface area (Å²) in [6.07, 6.45) is 2.76. The van der Waals surface area contributed by atoms with Crippen LogP contribution in [0.25, 0.3) is 0 Å². The predicted octanol–water partition coefficient (Wildman–Crippen LogP) is 2.98. The molecule has 0 aliphatic carbocycles. The molecule has 87 valence electrons. The Hall–Kier alpha value is -1.77. The van der Waals surface area contributed by atoms with Crippen molar-refractivity contribution in [2.24, 2.45) is 0 Å². The van der Waals surface area contributed by atoms with E-state index in [0.29, 0.717) is 6.04 Å². The van der Waals surface area contributed by atoms with Crippen LogP contribution in [0.2, 0.25) is 0 Å². The zero-order valence-electron chi connectivity index (χ0n) is 10.1. The van der Waals surface area contributed by atoms with Gasteiger partial charge in [0, 0.05) is 6.07 Å². The molecule has 3 heteroatoms. The third kappa shape index (κ3) is 1.71. The van der Waals surface area contributed by atoms with Gasteiger partial charge < -0.3 is 5.32 Å². The number of rotatable bonds is 1. The second-order valence-corrected chi connectivity index (χ2v) is 5.17. The van der Waals surface area contributed by atoms with E-state index < -0.39 is 0 Å². The molecule has 3 rings (SSSR count). The second kappa shape index (κ2) is 3.62. The molecule has 1 aliphatic rings. The Bertz CT molecular complexity index is 513. The molecule has 1 aromatic heterocycles. The Morgan fingerprint density at radius 2 is 2.12 bits per heavy atom. The molecule has 1 radical (unpaired) electrons. The number of hydrogen-bond donors (Lipinski definition) is 1. The summed E-state index contributed by atoms with van der Waals surface area (Å²) in [6, 6.07) is 14.0. The largest absolute Gasteiger partial charge is 0.363 e. The van der Waals surface area contributed by atoms with Gasteiger partial charge in [0.1, 0.15) is 5.82 Å². The van der Waals surface area contributed by atoms with Crippen LogP contribution in [-0.2, 0) is 5.54 Å². The van der Waals surface area contributed by atoms with Gasteiger partial charge in [0.15, 0.2) is 0 Å². The molecule has 0 saturated heterocycles. The van der Waals surface area contributed by atoms with E-state index in [1.165, 1.54) is 5.56 Å². The molecule has 3 nitrogen and oxygen atoms in total. The lowest BCUT2D eigenvalue weighted by molar-refractivity contribution is 0.263. The molecule has 1 aliphatic heterocycles. The Morgan fingerprint density at radius 3 is 2.88 bits per heavy atom. The van der Waals surface area contributed by atoms with E-state index in [1.54, 1.807) is 6.20 Å². The van der Waals surface area contributed by atoms with Crippen molar-refractivity contribution in [2.45, 2.75) is 31.8 Å². The van der Waals surface area contributed by atoms with Gasteiger partial charge in [0.25, 0.3) is 0 Å². The molecule has 0 bridgehead atoms. The molecule has 0 saturated carbocycles. The number of aromatic nitrogens is 2. The normalized spacial score (nSPS) is 21.6. The summed E-state index contributed by atoms with van der Waals surface area (Å²) in [5, 5.41) is 7.83. The van der Waals surface area contributed by atoms with Crippen LogP contribution in [0.1, 0.15) is 31.9 Å². The first kappa shape index (κ1) is 10.4. The van der Waals surface area contributed by atoms with Crippen molar-refractivity contribution in [2.75, 3.05) is 5.32 Å². The van der Waals surface area contributed by atoms with E-state index in [9.17, 15) is 0 Å². The molecule has 0 amide bonds. The Kier molecular flexibility index (Phi) is 2.21. The molecular weight excluding hydrogens is 210 g/mol. The van der Waals surface area contributed by atoms with Crippen molar-refractivity contribution in [1.29, 1.82) is 0 Å². The maximum atomic E-state index is 4.34. The molecular formula is C14H16N3. The zero-order chi connectivity index (χ0) is 11.9. The van der Waals surface area contributed by atoms with E-state index in [-0.39, 0.29) is 5.54 Å². The average Bonchev–Trinajstić information content (AvgIpc) is 2.78. The van der Waals surface area contributed by atoms with Gasteiger partial charge in [-0.15, -0.1) is 0 Å². The summed E-state index contributed by atoms with van der Waals surface area (Å²) in [5.74, 6) is 0.982. The van der Waals surface area contributed by atoms with Crippen molar-refractivity contribution in [3.8, 4) is 0 Å². The average molecular weight is 226 g/mol. The number of benzene rings is 1. The summed E-state index contributed by atoms with van der Waals surface area (Å²) in [5.41, 5.74) is 1.35. The minimum Gasteiger partial charge on any atom is -0.363 e. The maximum absolute atomic E-state index is 4.34. The highest BCUT2D eigenvalue weighted by molar-refractivity contribution is 5.41. The number of hydrogen-bond acceptors (Lipinski definition) is 2. The molecule has 0 spiro atoms. The monoisotopic (exact) mass is 226 g/mol. The van der Waals surface area contributed by atoms with Crippen LogP contribution in [0.5, 0.6) is 0 Å². The Morgan fingerprint density at radius 1 is 1.35 bits per heavy atom. The number of nitrogens with one attached hydrogen (secondary N) is 1. The molecule has 2 heterocycles. The molecule has 17 heavy (non-hydrogen) atoms. The minimum atomic E-state index is 0.0289. The lowest BCUT2D eigenvalue weighted by Crippen LogP contribution is -2.37. The minimum absolute atomic E-state index is 0.0289. The molecule has 1 aromatic carbocycles. The van der Waals surface area contributed by atoms with E-state index in [2.05, 4.69) is 54.6 Å². The van der Waals surface area contributed by atoms with Gasteiger partial charge >= 0.3 is 0 Å². The fraction of sp³-hybridized carbons (Fsp3) is 0.357. The highest BCUT2D eigenvalue weighted by Crippen LogP contribution is 2.37. The summed E-state index contributed by atoms with van der Waals surface area (Å²) in [6.45, 7) is 4.43. The van der Waals surface area contributed by atoms with Gasteiger partial charge in [-0.1, -0.05) is 30.3 Å². The lowest BCUT2D eigenvalue weighted by atomic mass is 9.89. The predicted molar refractivity (Wildman–Crippen MR) is 67.8 cm³/mol. The van der Waals surface area contributed by atoms with Gasteiger partial charge in [0.2, 0.25) is 0 Å². The Labute approximate surface area is 101 Å². The van der Waals surface area contributed by atoms with Gasteiger partial charge in [-0.2, -0.15) is 5.10 Å². The van der Waals surface area contributed by atoms with E-state index >= 15 is 0 Å². The van der Waals surface area contributed by atoms with Crippen LogP contribution in [-0.4, -0.2) is 9.78 Å². The second-order valence-electron chi connectivity index (χ2n) is 5.17. The molecule has 0 unspecified atom stereocenters. The topological polar surface area (TPSA) is 29.9 Å². The summed E-state index contributed by atoms with van der Waals surface area (Å²) >= 11 is 0. The molecule has 1 N–H and O–H groups in total. The van der Waals surface area contributed by atoms with Crippen molar-refractivity contribution in [3.63, 3.8) is 0 Å². The van der Waals surface area contributed by atoms with E-state index in [0.717, 1.165) is 12.2 Å². The van der Waals surface area contributed by atoms with Crippen LogP contribution < -0.4 is 5.32 Å². The SMILES string of the molecule is CC1(C)C[C@H](c2ccccc2)Nc2[c]cnn21. The van der Waals surface area contributed by atoms with Gasteiger partial charge in [0.05, 0.1) is 17.8 Å². The lowest BCUT2D eigenvalue weighted by Gasteiger charge is -2.37. The maximum Gasteiger partial charge on any atom is 0.133 e. The molecule has 0 fully saturated rings. The van der Waals surface area contributed by atoms with Crippen molar-refractivity contribution < 1.29 is 0 Å². The first-order chi connectivity index (χ1) is 8.17. The summed E-state index contributed by atoms with van der Waals surface area (Å²) < 4.78 is 2.02. The number of nitrogens with zero attached hydrogens (tertiary/aromatic N) is 2. The van der Waals surface area contributed by atoms with E-state index in [4.69, 9.17) is 0 Å². The van der Waals surface area contributed by atoms with Gasteiger partial charge in [-0.05, 0) is 25.8 Å². The summed E-state index contributed by atoms with van der Waals surface area (Å²) in [7, 11) is 0. The third-order valence-electron chi connectivity index (χ3n) is 3.38. The fourth-order valence-electron chi connectivity index (χ4n) is 2.52. The van der Waals surface area contributed by atoms with Crippen LogP contribution in [0.3, 0.4) is 0 Å². The first-order valence-electron chi connectivity index (χ1n) is 5.94. The first-order valence-corrected chi connectivity index (χ1v) is 5.94. The van der Waals surface area contributed by atoms with Crippen LogP contribution in [0.15, 0.2) is 36.5 Å². The summed E-state index contributed by atoms with van der Waals surface area (Å²) in [4.78, 5) is 0. The zero-order valence-corrected chi connectivity index (χ0v) is 10.1. The van der Waals surface area contributed by atoms with Crippen molar-refractivity contribution in [3.05, 3.63) is 48.2 Å². The van der Waals surface area contributed by atoms with Crippen molar-refractivity contribution in [1.82, 2.24) is 9.78 Å². The molecule has 2 aromatic rings. The third-order valence-corrected chi connectivity index (χ3v) is 3.38. The van der Waals surface area contributed by atoms with Gasteiger partial charge in [-0.25, -0.2) is 4.68 Å². The number of fused-ring (bicyclic) bond motifs is 1. The van der Waals surface area contributed by atoms with Crippen molar-refractivity contribution >= 4 is 5.82 Å². The highest BCUT2D eigenvalue weighted by Gasteiger charge is 2.33.